The molecule has 1 amide bonds. The SMILES string of the molecule is COc1cc2nc(Nc3ccc(C(=O)Nc4c(C)cccc4C)cc3)nc(-c3ccccc3)c2cc1OC. The number of nitrogens with one attached hydrogen (secondary N) is 2. The van der Waals surface area contributed by atoms with E-state index in [4.69, 9.17) is 19.4 Å². The highest BCUT2D eigenvalue weighted by atomic mass is 16.5. The number of rotatable bonds is 7. The minimum atomic E-state index is -0.164. The molecule has 190 valence electrons. The summed E-state index contributed by atoms with van der Waals surface area (Å²) in [7, 11) is 3.20. The van der Waals surface area contributed by atoms with Crippen molar-refractivity contribution in [3.05, 3.63) is 102 Å². The molecule has 4 aromatic carbocycles. The second-order valence-electron chi connectivity index (χ2n) is 8.91. The van der Waals surface area contributed by atoms with Gasteiger partial charge in [-0.3, -0.25) is 4.79 Å². The second-order valence-corrected chi connectivity index (χ2v) is 8.91. The number of nitrogens with zero attached hydrogens (tertiary/aromatic N) is 2. The first-order valence-corrected chi connectivity index (χ1v) is 12.2. The summed E-state index contributed by atoms with van der Waals surface area (Å²) in [6.45, 7) is 3.96. The van der Waals surface area contributed by atoms with E-state index in [1.807, 2.05) is 86.6 Å². The molecule has 0 spiro atoms. The zero-order valence-corrected chi connectivity index (χ0v) is 21.7. The molecule has 0 saturated carbocycles. The highest BCUT2D eigenvalue weighted by Crippen LogP contribution is 2.36. The van der Waals surface area contributed by atoms with Gasteiger partial charge in [-0.15, -0.1) is 0 Å². The van der Waals surface area contributed by atoms with E-state index in [1.165, 1.54) is 0 Å². The number of fused-ring (bicyclic) bond motifs is 1. The van der Waals surface area contributed by atoms with Gasteiger partial charge >= 0.3 is 0 Å². The van der Waals surface area contributed by atoms with Crippen molar-refractivity contribution in [1.29, 1.82) is 0 Å². The van der Waals surface area contributed by atoms with Crippen LogP contribution in [0.5, 0.6) is 11.5 Å². The van der Waals surface area contributed by atoms with Crippen LogP contribution in [0.1, 0.15) is 21.5 Å². The fraction of sp³-hybridized carbons (Fsp3) is 0.129. The lowest BCUT2D eigenvalue weighted by atomic mass is 10.1. The summed E-state index contributed by atoms with van der Waals surface area (Å²) in [5, 5.41) is 7.15. The lowest BCUT2D eigenvalue weighted by molar-refractivity contribution is 0.102. The van der Waals surface area contributed by atoms with Crippen molar-refractivity contribution >= 4 is 34.1 Å². The molecule has 0 fully saturated rings. The molecule has 5 aromatic rings. The van der Waals surface area contributed by atoms with Crippen LogP contribution in [0.3, 0.4) is 0 Å². The Kier molecular flexibility index (Phi) is 6.91. The minimum absolute atomic E-state index is 0.164. The van der Waals surface area contributed by atoms with Gasteiger partial charge in [0.1, 0.15) is 0 Å². The fourth-order valence-corrected chi connectivity index (χ4v) is 4.36. The summed E-state index contributed by atoms with van der Waals surface area (Å²) >= 11 is 0. The molecule has 7 heteroatoms. The van der Waals surface area contributed by atoms with E-state index in [2.05, 4.69) is 10.6 Å². The number of ether oxygens (including phenoxy) is 2. The Morgan fingerprint density at radius 2 is 1.42 bits per heavy atom. The highest BCUT2D eigenvalue weighted by molar-refractivity contribution is 6.05. The van der Waals surface area contributed by atoms with Crippen LogP contribution >= 0.6 is 0 Å². The van der Waals surface area contributed by atoms with Gasteiger partial charge in [-0.25, -0.2) is 9.97 Å². The standard InChI is InChI=1S/C31H28N4O3/c1-19-9-8-10-20(2)28(19)34-30(36)22-13-15-23(16-14-22)32-31-33-25-18-27(38-4)26(37-3)17-24(25)29(35-31)21-11-6-5-7-12-21/h5-18H,1-4H3,(H,34,36)(H,32,33,35). The third-order valence-corrected chi connectivity index (χ3v) is 6.37. The summed E-state index contributed by atoms with van der Waals surface area (Å²) < 4.78 is 11.0. The van der Waals surface area contributed by atoms with Crippen LogP contribution in [-0.4, -0.2) is 30.1 Å². The van der Waals surface area contributed by atoms with Crippen LogP contribution in [0.25, 0.3) is 22.2 Å². The first kappa shape index (κ1) is 24.8. The fourth-order valence-electron chi connectivity index (χ4n) is 4.36. The summed E-state index contributed by atoms with van der Waals surface area (Å²) in [4.78, 5) is 22.4. The van der Waals surface area contributed by atoms with Crippen molar-refractivity contribution in [2.24, 2.45) is 0 Å². The average Bonchev–Trinajstić information content (AvgIpc) is 2.94. The van der Waals surface area contributed by atoms with Crippen molar-refractivity contribution in [3.63, 3.8) is 0 Å². The van der Waals surface area contributed by atoms with Gasteiger partial charge in [0, 0.05) is 34.0 Å². The molecule has 0 saturated heterocycles. The van der Waals surface area contributed by atoms with Gasteiger partial charge in [-0.2, -0.15) is 0 Å². The maximum Gasteiger partial charge on any atom is 0.255 e. The van der Waals surface area contributed by atoms with E-state index in [9.17, 15) is 4.79 Å². The van der Waals surface area contributed by atoms with Gasteiger partial charge in [0.25, 0.3) is 5.91 Å². The molecule has 0 aliphatic carbocycles. The molecule has 5 rings (SSSR count). The number of benzene rings is 4. The zero-order chi connectivity index (χ0) is 26.6. The monoisotopic (exact) mass is 504 g/mol. The molecule has 7 nitrogen and oxygen atoms in total. The lowest BCUT2D eigenvalue weighted by Gasteiger charge is -2.14. The minimum Gasteiger partial charge on any atom is -0.493 e. The number of hydrogen-bond donors (Lipinski definition) is 2. The lowest BCUT2D eigenvalue weighted by Crippen LogP contribution is -2.13. The zero-order valence-electron chi connectivity index (χ0n) is 21.7. The number of para-hydroxylation sites is 1. The van der Waals surface area contributed by atoms with Crippen LogP contribution < -0.4 is 20.1 Å². The molecule has 0 aliphatic heterocycles. The highest BCUT2D eigenvalue weighted by Gasteiger charge is 2.15. The molecule has 2 N–H and O–H groups in total. The van der Waals surface area contributed by atoms with Crippen LogP contribution in [-0.2, 0) is 0 Å². The molecule has 0 radical (unpaired) electrons. The number of aryl methyl sites for hydroxylation is 2. The molecule has 1 aromatic heterocycles. The van der Waals surface area contributed by atoms with Crippen molar-refractivity contribution < 1.29 is 14.3 Å². The first-order chi connectivity index (χ1) is 18.5. The Labute approximate surface area is 221 Å². The largest absolute Gasteiger partial charge is 0.493 e. The Morgan fingerprint density at radius 3 is 2.08 bits per heavy atom. The molecule has 1 heterocycles. The van der Waals surface area contributed by atoms with E-state index in [0.29, 0.717) is 28.5 Å². The molecular weight excluding hydrogens is 476 g/mol. The Morgan fingerprint density at radius 1 is 0.763 bits per heavy atom. The van der Waals surface area contributed by atoms with Crippen molar-refractivity contribution in [1.82, 2.24) is 9.97 Å². The van der Waals surface area contributed by atoms with E-state index in [0.717, 1.165) is 39.1 Å². The normalized spacial score (nSPS) is 10.7. The number of carbonyl (C=O) groups is 1. The van der Waals surface area contributed by atoms with Gasteiger partial charge in [0.05, 0.1) is 25.4 Å². The Bertz CT molecular complexity index is 1600. The third-order valence-electron chi connectivity index (χ3n) is 6.37. The predicted molar refractivity (Wildman–Crippen MR) is 152 cm³/mol. The average molecular weight is 505 g/mol. The third kappa shape index (κ3) is 4.99. The number of carbonyl (C=O) groups excluding carboxylic acids is 1. The Hall–Kier alpha value is -4.91. The molecule has 0 bridgehead atoms. The van der Waals surface area contributed by atoms with Crippen molar-refractivity contribution in [2.45, 2.75) is 13.8 Å². The Balaban J connectivity index is 1.46. The molecule has 0 atom stereocenters. The van der Waals surface area contributed by atoms with Gasteiger partial charge < -0.3 is 20.1 Å². The quantitative estimate of drug-likeness (QED) is 0.250. The van der Waals surface area contributed by atoms with Crippen LogP contribution in [0.2, 0.25) is 0 Å². The number of hydrogen-bond acceptors (Lipinski definition) is 6. The molecule has 0 unspecified atom stereocenters. The van der Waals surface area contributed by atoms with Gasteiger partial charge in [-0.1, -0.05) is 48.5 Å². The second kappa shape index (κ2) is 10.6. The first-order valence-electron chi connectivity index (χ1n) is 12.2. The molecule has 38 heavy (non-hydrogen) atoms. The summed E-state index contributed by atoms with van der Waals surface area (Å²) in [5.41, 5.74) is 6.62. The van der Waals surface area contributed by atoms with Gasteiger partial charge in [0.15, 0.2) is 11.5 Å². The number of aromatic nitrogens is 2. The molecule has 0 aliphatic rings. The molecular formula is C31H28N4O3. The number of anilines is 3. The van der Waals surface area contributed by atoms with Crippen LogP contribution in [0.4, 0.5) is 17.3 Å². The van der Waals surface area contributed by atoms with Crippen LogP contribution in [0.15, 0.2) is 84.9 Å². The van der Waals surface area contributed by atoms with E-state index < -0.39 is 0 Å². The predicted octanol–water partition coefficient (Wildman–Crippen LogP) is 6.93. The summed E-state index contributed by atoms with van der Waals surface area (Å²) in [6, 6.07) is 26.8. The van der Waals surface area contributed by atoms with Crippen LogP contribution in [0, 0.1) is 13.8 Å². The smallest absolute Gasteiger partial charge is 0.255 e. The van der Waals surface area contributed by atoms with Gasteiger partial charge in [-0.05, 0) is 55.3 Å². The topological polar surface area (TPSA) is 85.4 Å². The van der Waals surface area contributed by atoms with E-state index in [-0.39, 0.29) is 5.91 Å². The number of methoxy groups -OCH3 is 2. The van der Waals surface area contributed by atoms with Crippen molar-refractivity contribution in [2.75, 3.05) is 24.9 Å². The maximum atomic E-state index is 12.9. The van der Waals surface area contributed by atoms with E-state index in [1.54, 1.807) is 26.4 Å². The van der Waals surface area contributed by atoms with Gasteiger partial charge in [0.2, 0.25) is 5.95 Å². The van der Waals surface area contributed by atoms with Crippen molar-refractivity contribution in [3.8, 4) is 22.8 Å². The number of amides is 1. The summed E-state index contributed by atoms with van der Waals surface area (Å²) in [5.74, 6) is 1.46. The van der Waals surface area contributed by atoms with E-state index >= 15 is 0 Å². The maximum absolute atomic E-state index is 12.9. The summed E-state index contributed by atoms with van der Waals surface area (Å²) in [6.07, 6.45) is 0.